The Kier molecular flexibility index (Phi) is 5.18. The van der Waals surface area contributed by atoms with E-state index in [2.05, 4.69) is 49.6 Å². The standard InChI is InChI=1S/C17H27N3/c1-4-14(11-12-18)9-10-17-19-15-7-5-6-8-16(15)20(17)13(2)3/h5-8,13-14H,4,9-12,18H2,1-3H3. The fourth-order valence-corrected chi connectivity index (χ4v) is 2.97. The summed E-state index contributed by atoms with van der Waals surface area (Å²) in [6.07, 6.45) is 4.56. The third kappa shape index (κ3) is 3.21. The van der Waals surface area contributed by atoms with Crippen LogP contribution in [0.2, 0.25) is 0 Å². The van der Waals surface area contributed by atoms with Crippen molar-refractivity contribution < 1.29 is 0 Å². The smallest absolute Gasteiger partial charge is 0.110 e. The van der Waals surface area contributed by atoms with Crippen LogP contribution >= 0.6 is 0 Å². The van der Waals surface area contributed by atoms with E-state index in [-0.39, 0.29) is 0 Å². The minimum absolute atomic E-state index is 0.451. The molecule has 1 heterocycles. The summed E-state index contributed by atoms with van der Waals surface area (Å²) in [4.78, 5) is 4.83. The topological polar surface area (TPSA) is 43.8 Å². The third-order valence-electron chi connectivity index (χ3n) is 4.11. The van der Waals surface area contributed by atoms with Gasteiger partial charge >= 0.3 is 0 Å². The molecule has 2 rings (SSSR count). The highest BCUT2D eigenvalue weighted by molar-refractivity contribution is 5.76. The number of aromatic nitrogens is 2. The van der Waals surface area contributed by atoms with Gasteiger partial charge in [0.2, 0.25) is 0 Å². The largest absolute Gasteiger partial charge is 0.330 e. The molecule has 1 atom stereocenters. The molecule has 1 unspecified atom stereocenters. The van der Waals surface area contributed by atoms with Crippen molar-refractivity contribution in [3.8, 4) is 0 Å². The third-order valence-corrected chi connectivity index (χ3v) is 4.11. The van der Waals surface area contributed by atoms with E-state index in [1.807, 2.05) is 0 Å². The Bertz CT molecular complexity index is 542. The molecule has 1 aromatic carbocycles. The first-order valence-corrected chi connectivity index (χ1v) is 7.83. The van der Waals surface area contributed by atoms with Crippen molar-refractivity contribution in [2.24, 2.45) is 11.7 Å². The maximum Gasteiger partial charge on any atom is 0.110 e. The van der Waals surface area contributed by atoms with E-state index in [0.29, 0.717) is 6.04 Å². The van der Waals surface area contributed by atoms with Crippen molar-refractivity contribution in [2.45, 2.75) is 52.5 Å². The Balaban J connectivity index is 2.22. The monoisotopic (exact) mass is 273 g/mol. The molecule has 110 valence electrons. The van der Waals surface area contributed by atoms with Crippen LogP contribution in [0.5, 0.6) is 0 Å². The lowest BCUT2D eigenvalue weighted by Crippen LogP contribution is -2.12. The van der Waals surface area contributed by atoms with Crippen molar-refractivity contribution in [1.29, 1.82) is 0 Å². The first kappa shape index (κ1) is 15.0. The predicted molar refractivity (Wildman–Crippen MR) is 85.9 cm³/mol. The second kappa shape index (κ2) is 6.89. The van der Waals surface area contributed by atoms with E-state index in [1.54, 1.807) is 0 Å². The number of benzene rings is 1. The molecule has 2 N–H and O–H groups in total. The van der Waals surface area contributed by atoms with Gasteiger partial charge in [0.25, 0.3) is 0 Å². The van der Waals surface area contributed by atoms with Crippen LogP contribution in [0.1, 0.15) is 51.9 Å². The molecule has 2 aromatic rings. The van der Waals surface area contributed by atoms with Gasteiger partial charge in [-0.3, -0.25) is 0 Å². The van der Waals surface area contributed by atoms with E-state index < -0.39 is 0 Å². The van der Waals surface area contributed by atoms with Crippen molar-refractivity contribution in [1.82, 2.24) is 9.55 Å². The van der Waals surface area contributed by atoms with Gasteiger partial charge in [-0.25, -0.2) is 4.98 Å². The number of aryl methyl sites for hydroxylation is 1. The lowest BCUT2D eigenvalue weighted by molar-refractivity contribution is 0.432. The Labute approximate surface area is 122 Å². The summed E-state index contributed by atoms with van der Waals surface area (Å²) in [5, 5.41) is 0. The highest BCUT2D eigenvalue weighted by atomic mass is 15.1. The summed E-state index contributed by atoms with van der Waals surface area (Å²) in [6, 6.07) is 8.88. The molecular weight excluding hydrogens is 246 g/mol. The molecule has 0 amide bonds. The first-order chi connectivity index (χ1) is 9.67. The van der Waals surface area contributed by atoms with Gasteiger partial charge in [-0.2, -0.15) is 0 Å². The van der Waals surface area contributed by atoms with Crippen molar-refractivity contribution in [3.63, 3.8) is 0 Å². The van der Waals surface area contributed by atoms with Crippen molar-refractivity contribution >= 4 is 11.0 Å². The van der Waals surface area contributed by atoms with Crippen LogP contribution in [-0.4, -0.2) is 16.1 Å². The van der Waals surface area contributed by atoms with Crippen LogP contribution in [0.15, 0.2) is 24.3 Å². The molecule has 0 saturated carbocycles. The Morgan fingerprint density at radius 3 is 2.60 bits per heavy atom. The summed E-state index contributed by atoms with van der Waals surface area (Å²) in [7, 11) is 0. The molecule has 20 heavy (non-hydrogen) atoms. The molecule has 0 saturated heterocycles. The van der Waals surface area contributed by atoms with E-state index >= 15 is 0 Å². The van der Waals surface area contributed by atoms with Crippen LogP contribution in [0, 0.1) is 5.92 Å². The second-order valence-corrected chi connectivity index (χ2v) is 5.87. The van der Waals surface area contributed by atoms with Crippen LogP contribution in [-0.2, 0) is 6.42 Å². The molecule has 0 aliphatic carbocycles. The SMILES string of the molecule is CCC(CCN)CCc1nc2ccccc2n1C(C)C. The van der Waals surface area contributed by atoms with Crippen LogP contribution in [0.3, 0.4) is 0 Å². The number of hydrogen-bond acceptors (Lipinski definition) is 2. The van der Waals surface area contributed by atoms with Gasteiger partial charge in [0, 0.05) is 12.5 Å². The molecule has 0 fully saturated rings. The molecular formula is C17H27N3. The van der Waals surface area contributed by atoms with E-state index in [9.17, 15) is 0 Å². The number of fused-ring (bicyclic) bond motifs is 1. The van der Waals surface area contributed by atoms with Gasteiger partial charge in [-0.15, -0.1) is 0 Å². The number of hydrogen-bond donors (Lipinski definition) is 1. The van der Waals surface area contributed by atoms with Gasteiger partial charge in [0.05, 0.1) is 11.0 Å². The van der Waals surface area contributed by atoms with E-state index in [4.69, 9.17) is 10.7 Å². The van der Waals surface area contributed by atoms with Gasteiger partial charge in [-0.05, 0) is 51.3 Å². The molecule has 0 aliphatic rings. The molecule has 0 bridgehead atoms. The fraction of sp³-hybridized carbons (Fsp3) is 0.588. The van der Waals surface area contributed by atoms with E-state index in [0.717, 1.165) is 30.8 Å². The molecule has 3 nitrogen and oxygen atoms in total. The van der Waals surface area contributed by atoms with Gasteiger partial charge in [-0.1, -0.05) is 25.5 Å². The minimum Gasteiger partial charge on any atom is -0.330 e. The average Bonchev–Trinajstić information content (AvgIpc) is 2.81. The minimum atomic E-state index is 0.451. The number of nitrogens with zero attached hydrogens (tertiary/aromatic N) is 2. The predicted octanol–water partition coefficient (Wildman–Crippen LogP) is 3.92. The zero-order valence-electron chi connectivity index (χ0n) is 13.0. The average molecular weight is 273 g/mol. The maximum atomic E-state index is 5.69. The lowest BCUT2D eigenvalue weighted by Gasteiger charge is -2.16. The Morgan fingerprint density at radius 1 is 1.20 bits per heavy atom. The van der Waals surface area contributed by atoms with E-state index in [1.165, 1.54) is 24.2 Å². The number of rotatable bonds is 7. The molecule has 0 aliphatic heterocycles. The summed E-state index contributed by atoms with van der Waals surface area (Å²) in [5.41, 5.74) is 8.06. The Morgan fingerprint density at radius 2 is 1.95 bits per heavy atom. The second-order valence-electron chi connectivity index (χ2n) is 5.87. The summed E-state index contributed by atoms with van der Waals surface area (Å²) >= 11 is 0. The van der Waals surface area contributed by atoms with Crippen molar-refractivity contribution in [3.05, 3.63) is 30.1 Å². The molecule has 1 aromatic heterocycles. The van der Waals surface area contributed by atoms with Crippen LogP contribution in [0.25, 0.3) is 11.0 Å². The van der Waals surface area contributed by atoms with Gasteiger partial charge < -0.3 is 10.3 Å². The van der Waals surface area contributed by atoms with Crippen LogP contribution in [0.4, 0.5) is 0 Å². The van der Waals surface area contributed by atoms with Gasteiger partial charge in [0.1, 0.15) is 5.82 Å². The zero-order chi connectivity index (χ0) is 14.5. The summed E-state index contributed by atoms with van der Waals surface area (Å²) in [5.74, 6) is 1.94. The normalized spacial score (nSPS) is 13.2. The van der Waals surface area contributed by atoms with Crippen molar-refractivity contribution in [2.75, 3.05) is 6.54 Å². The highest BCUT2D eigenvalue weighted by Crippen LogP contribution is 2.23. The molecule has 0 spiro atoms. The number of nitrogens with two attached hydrogens (primary N) is 1. The molecule has 0 radical (unpaired) electrons. The van der Waals surface area contributed by atoms with Crippen LogP contribution < -0.4 is 5.73 Å². The Hall–Kier alpha value is -1.35. The quantitative estimate of drug-likeness (QED) is 0.830. The maximum absolute atomic E-state index is 5.69. The number of imidazole rings is 1. The lowest BCUT2D eigenvalue weighted by atomic mass is 9.96. The highest BCUT2D eigenvalue weighted by Gasteiger charge is 2.14. The summed E-state index contributed by atoms with van der Waals surface area (Å²) < 4.78 is 2.38. The van der Waals surface area contributed by atoms with Gasteiger partial charge in [0.15, 0.2) is 0 Å². The number of para-hydroxylation sites is 2. The fourth-order valence-electron chi connectivity index (χ4n) is 2.97. The summed E-state index contributed by atoms with van der Waals surface area (Å²) in [6.45, 7) is 7.51. The first-order valence-electron chi connectivity index (χ1n) is 7.83. The zero-order valence-corrected chi connectivity index (χ0v) is 13.0. The molecule has 3 heteroatoms.